The van der Waals surface area contributed by atoms with E-state index in [1.54, 1.807) is 0 Å². The molecule has 9 nitrogen and oxygen atoms in total. The molecule has 0 aliphatic heterocycles. The Morgan fingerprint density at radius 1 is 1.06 bits per heavy atom. The fourth-order valence-corrected chi connectivity index (χ4v) is 3.10. The zero-order valence-corrected chi connectivity index (χ0v) is 16.7. The third-order valence-electron chi connectivity index (χ3n) is 3.86. The number of nitrogens with zero attached hydrogens (tertiary/aromatic N) is 3. The first-order valence-electron chi connectivity index (χ1n) is 8.61. The second-order valence-corrected chi connectivity index (χ2v) is 6.82. The average molecular weight is 446 g/mol. The molecule has 0 aliphatic rings. The molecular formula is C19H14F2N5O4S-. The van der Waals surface area contributed by atoms with Crippen molar-refractivity contribution in [1.29, 1.82) is 0 Å². The van der Waals surface area contributed by atoms with E-state index in [1.807, 2.05) is 0 Å². The highest BCUT2D eigenvalue weighted by atomic mass is 32.2. The van der Waals surface area contributed by atoms with E-state index in [0.29, 0.717) is 4.31 Å². The lowest BCUT2D eigenvalue weighted by Crippen LogP contribution is -2.23. The number of benzene rings is 1. The van der Waals surface area contributed by atoms with Crippen molar-refractivity contribution in [3.63, 3.8) is 0 Å². The van der Waals surface area contributed by atoms with Crippen LogP contribution in [0.3, 0.4) is 0 Å². The zero-order chi connectivity index (χ0) is 22.5. The highest BCUT2D eigenvalue weighted by molar-refractivity contribution is 7.81. The van der Waals surface area contributed by atoms with Gasteiger partial charge in [0.25, 0.3) is 5.91 Å². The fraction of sp³-hybridized carbons (Fsp3) is 0.0526. The largest absolute Gasteiger partial charge is 0.755 e. The van der Waals surface area contributed by atoms with Gasteiger partial charge in [0.05, 0.1) is 22.5 Å². The molecule has 2 aromatic heterocycles. The molecule has 0 bridgehead atoms. The quantitative estimate of drug-likeness (QED) is 0.561. The maximum Gasteiger partial charge on any atom is 0.257 e. The highest BCUT2D eigenvalue weighted by Crippen LogP contribution is 2.33. The molecule has 160 valence electrons. The van der Waals surface area contributed by atoms with E-state index in [-0.39, 0.29) is 23.1 Å². The smallest absolute Gasteiger partial charge is 0.257 e. The predicted octanol–water partition coefficient (Wildman–Crippen LogP) is 2.90. The lowest BCUT2D eigenvalue weighted by Gasteiger charge is -2.26. The third kappa shape index (κ3) is 5.05. The van der Waals surface area contributed by atoms with E-state index >= 15 is 4.39 Å². The van der Waals surface area contributed by atoms with Crippen LogP contribution in [0.4, 0.5) is 31.8 Å². The van der Waals surface area contributed by atoms with Gasteiger partial charge in [0, 0.05) is 19.3 Å². The van der Waals surface area contributed by atoms with Crippen molar-refractivity contribution < 1.29 is 27.1 Å². The number of halogens is 2. The van der Waals surface area contributed by atoms with Gasteiger partial charge < -0.3 is 15.2 Å². The van der Waals surface area contributed by atoms with E-state index in [0.717, 1.165) is 18.3 Å². The number of nitrogens with one attached hydrogen (secondary N) is 2. The van der Waals surface area contributed by atoms with E-state index in [2.05, 4.69) is 20.6 Å². The second-order valence-electron chi connectivity index (χ2n) is 6.02. The van der Waals surface area contributed by atoms with Gasteiger partial charge in [0.2, 0.25) is 5.91 Å². The molecule has 31 heavy (non-hydrogen) atoms. The van der Waals surface area contributed by atoms with Gasteiger partial charge in [-0.1, -0.05) is 6.07 Å². The van der Waals surface area contributed by atoms with Crippen LogP contribution in [0.25, 0.3) is 0 Å². The van der Waals surface area contributed by atoms with E-state index in [1.165, 1.54) is 43.5 Å². The summed E-state index contributed by atoms with van der Waals surface area (Å²) in [7, 11) is 0. The summed E-state index contributed by atoms with van der Waals surface area (Å²) in [6, 6.07) is 8.70. The Hall–Kier alpha value is -3.77. The Labute approximate surface area is 177 Å². The molecule has 3 aromatic rings. The first-order chi connectivity index (χ1) is 14.8. The Morgan fingerprint density at radius 3 is 2.42 bits per heavy atom. The van der Waals surface area contributed by atoms with Crippen LogP contribution in [0.15, 0.2) is 54.9 Å². The molecule has 0 saturated carbocycles. The van der Waals surface area contributed by atoms with E-state index in [9.17, 15) is 22.7 Å². The van der Waals surface area contributed by atoms with Crippen LogP contribution in [-0.4, -0.2) is 30.5 Å². The first kappa shape index (κ1) is 21.9. The Kier molecular flexibility index (Phi) is 6.62. The van der Waals surface area contributed by atoms with E-state index < -0.39 is 40.2 Å². The molecule has 3 rings (SSSR count). The van der Waals surface area contributed by atoms with Gasteiger partial charge in [0.1, 0.15) is 23.1 Å². The number of hydrogen-bond donors (Lipinski definition) is 2. The van der Waals surface area contributed by atoms with Crippen LogP contribution in [0.2, 0.25) is 0 Å². The molecule has 1 atom stereocenters. The Balaban J connectivity index is 1.92. The number of aromatic nitrogens is 2. The molecule has 2 amide bonds. The summed E-state index contributed by atoms with van der Waals surface area (Å²) in [6.07, 6.45) is 2.41. The minimum absolute atomic E-state index is 0.0488. The summed E-state index contributed by atoms with van der Waals surface area (Å²) in [5.41, 5.74) is -1.44. The van der Waals surface area contributed by atoms with Gasteiger partial charge in [-0.2, -0.15) is 0 Å². The molecular weight excluding hydrogens is 432 g/mol. The summed E-state index contributed by atoms with van der Waals surface area (Å²) in [5.74, 6) is -3.63. The van der Waals surface area contributed by atoms with Crippen molar-refractivity contribution in [2.24, 2.45) is 0 Å². The number of pyridine rings is 2. The number of anilines is 4. The summed E-state index contributed by atoms with van der Waals surface area (Å²) in [4.78, 5) is 31.1. The predicted molar refractivity (Wildman–Crippen MR) is 108 cm³/mol. The summed E-state index contributed by atoms with van der Waals surface area (Å²) < 4.78 is 53.3. The number of amides is 2. The SMILES string of the molecule is CC(=O)Nc1ccc(C(=O)Nc2c(F)ccc(N(c3ccccn3)S(=O)[O-])c2F)cn1. The maximum absolute atomic E-state index is 15.1. The van der Waals surface area contributed by atoms with Crippen molar-refractivity contribution in [2.75, 3.05) is 14.9 Å². The summed E-state index contributed by atoms with van der Waals surface area (Å²) in [6.45, 7) is 1.28. The molecule has 1 unspecified atom stereocenters. The van der Waals surface area contributed by atoms with Crippen molar-refractivity contribution in [1.82, 2.24) is 9.97 Å². The van der Waals surface area contributed by atoms with Gasteiger partial charge >= 0.3 is 0 Å². The standard InChI is InChI=1S/C19H15F2N5O4S/c1-11(27)24-15-8-5-12(10-23-15)19(28)25-18-13(20)6-7-14(17(18)21)26(31(29)30)16-4-2-3-9-22-16/h2-10H,1H3,(H,25,28)(H,29,30)(H,23,24,27)/p-1. The summed E-state index contributed by atoms with van der Waals surface area (Å²) in [5, 5.41) is 4.49. The third-order valence-corrected chi connectivity index (χ3v) is 4.55. The lowest BCUT2D eigenvalue weighted by atomic mass is 10.2. The van der Waals surface area contributed by atoms with Crippen LogP contribution in [0, 0.1) is 11.6 Å². The zero-order valence-electron chi connectivity index (χ0n) is 15.8. The topological polar surface area (TPSA) is 127 Å². The Morgan fingerprint density at radius 2 is 1.84 bits per heavy atom. The average Bonchev–Trinajstić information content (AvgIpc) is 2.73. The molecule has 1 aromatic carbocycles. The van der Waals surface area contributed by atoms with Gasteiger partial charge in [-0.3, -0.25) is 18.1 Å². The molecule has 0 spiro atoms. The van der Waals surface area contributed by atoms with Gasteiger partial charge in [-0.15, -0.1) is 0 Å². The van der Waals surface area contributed by atoms with Crippen molar-refractivity contribution >= 4 is 46.1 Å². The highest BCUT2D eigenvalue weighted by Gasteiger charge is 2.23. The van der Waals surface area contributed by atoms with Crippen LogP contribution in [-0.2, 0) is 16.1 Å². The first-order valence-corrected chi connectivity index (χ1v) is 9.64. The van der Waals surface area contributed by atoms with Crippen molar-refractivity contribution in [2.45, 2.75) is 6.92 Å². The molecule has 0 aliphatic carbocycles. The van der Waals surface area contributed by atoms with Crippen LogP contribution in [0.1, 0.15) is 17.3 Å². The van der Waals surface area contributed by atoms with Crippen LogP contribution < -0.4 is 14.9 Å². The molecule has 0 fully saturated rings. The normalized spacial score (nSPS) is 11.5. The molecule has 2 heterocycles. The summed E-state index contributed by atoms with van der Waals surface area (Å²) >= 11 is -2.99. The molecule has 2 N–H and O–H groups in total. The van der Waals surface area contributed by atoms with Crippen LogP contribution >= 0.6 is 0 Å². The lowest BCUT2D eigenvalue weighted by molar-refractivity contribution is -0.114. The number of rotatable bonds is 6. The molecule has 12 heteroatoms. The minimum atomic E-state index is -2.99. The monoisotopic (exact) mass is 446 g/mol. The minimum Gasteiger partial charge on any atom is -0.755 e. The van der Waals surface area contributed by atoms with Crippen molar-refractivity contribution in [3.05, 3.63) is 72.1 Å². The Bertz CT molecular complexity index is 1150. The van der Waals surface area contributed by atoms with Gasteiger partial charge in [-0.25, -0.2) is 18.7 Å². The maximum atomic E-state index is 15.1. The fourth-order valence-electron chi connectivity index (χ4n) is 2.54. The van der Waals surface area contributed by atoms with Gasteiger partial charge in [0.15, 0.2) is 5.82 Å². The van der Waals surface area contributed by atoms with Crippen molar-refractivity contribution in [3.8, 4) is 0 Å². The molecule has 0 radical (unpaired) electrons. The molecule has 0 saturated heterocycles. The number of carbonyl (C=O) groups excluding carboxylic acids is 2. The second kappa shape index (κ2) is 9.36. The number of carbonyl (C=O) groups is 2. The number of hydrogen-bond acceptors (Lipinski definition) is 6. The van der Waals surface area contributed by atoms with E-state index in [4.69, 9.17) is 0 Å². The van der Waals surface area contributed by atoms with Crippen LogP contribution in [0.5, 0.6) is 0 Å². The van der Waals surface area contributed by atoms with Gasteiger partial charge in [-0.05, 0) is 36.4 Å².